The normalized spacial score (nSPS) is 11.2. The molecule has 2 N–H and O–H groups in total. The minimum atomic E-state index is -3.56. The van der Waals surface area contributed by atoms with Crippen molar-refractivity contribution in [1.29, 1.82) is 0 Å². The monoisotopic (exact) mass is 474 g/mol. The van der Waals surface area contributed by atoms with Gasteiger partial charge in [-0.3, -0.25) is 14.9 Å². The Labute approximate surface area is 189 Å². The van der Waals surface area contributed by atoms with Crippen LogP contribution in [0.15, 0.2) is 52.7 Å². The Morgan fingerprint density at radius 3 is 2.50 bits per heavy atom. The van der Waals surface area contributed by atoms with Crippen LogP contribution in [-0.2, 0) is 16.3 Å². The highest BCUT2D eigenvalue weighted by Crippen LogP contribution is 2.27. The largest absolute Gasteiger partial charge is 0.378 e. The van der Waals surface area contributed by atoms with Crippen molar-refractivity contribution in [2.45, 2.75) is 18.2 Å². The van der Waals surface area contributed by atoms with Gasteiger partial charge in [-0.1, -0.05) is 31.2 Å². The summed E-state index contributed by atoms with van der Waals surface area (Å²) < 4.78 is 23.2. The molecule has 3 aromatic rings. The molecule has 0 saturated carbocycles. The Balaban J connectivity index is 1.57. The van der Waals surface area contributed by atoms with Crippen LogP contribution in [0.25, 0.3) is 10.6 Å². The molecule has 32 heavy (non-hydrogen) atoms. The van der Waals surface area contributed by atoms with Gasteiger partial charge in [0.2, 0.25) is 0 Å². The number of sulfone groups is 1. The predicted molar refractivity (Wildman–Crippen MR) is 124 cm³/mol. The predicted octanol–water partition coefficient (Wildman–Crippen LogP) is 3.53. The number of nitrogens with zero attached hydrogens (tertiary/aromatic N) is 2. The van der Waals surface area contributed by atoms with E-state index in [9.17, 15) is 23.3 Å². The molecular formula is C21H22N4O5S2. The zero-order valence-electron chi connectivity index (χ0n) is 17.5. The second-order valence-corrected chi connectivity index (χ2v) is 9.85. The third kappa shape index (κ3) is 5.68. The molecule has 0 aliphatic heterocycles. The lowest BCUT2D eigenvalue weighted by Crippen LogP contribution is -2.29. The Morgan fingerprint density at radius 1 is 1.16 bits per heavy atom. The van der Waals surface area contributed by atoms with Crippen LogP contribution in [0.3, 0.4) is 0 Å². The number of benzene rings is 2. The van der Waals surface area contributed by atoms with E-state index in [0.29, 0.717) is 5.69 Å². The van der Waals surface area contributed by atoms with Crippen LogP contribution in [0.1, 0.15) is 23.0 Å². The number of carbonyl (C=O) groups excluding carboxylic acids is 1. The zero-order valence-corrected chi connectivity index (χ0v) is 19.1. The Bertz CT molecular complexity index is 1240. The third-order valence-corrected chi connectivity index (χ3v) is 6.67. The molecular weight excluding hydrogens is 452 g/mol. The molecule has 1 heterocycles. The van der Waals surface area contributed by atoms with Crippen LogP contribution in [0.4, 0.5) is 11.4 Å². The van der Waals surface area contributed by atoms with Crippen LogP contribution >= 0.6 is 11.3 Å². The molecule has 3 rings (SSSR count). The lowest BCUT2D eigenvalue weighted by molar-refractivity contribution is -0.384. The number of anilines is 1. The highest BCUT2D eigenvalue weighted by Gasteiger charge is 2.18. The molecule has 0 atom stereocenters. The molecule has 1 aromatic heterocycles. The lowest BCUT2D eigenvalue weighted by Gasteiger charge is -2.09. The van der Waals surface area contributed by atoms with Crippen molar-refractivity contribution < 1.29 is 18.1 Å². The van der Waals surface area contributed by atoms with Gasteiger partial charge in [-0.2, -0.15) is 0 Å². The van der Waals surface area contributed by atoms with Crippen molar-refractivity contribution in [3.8, 4) is 10.6 Å². The number of carbonyl (C=O) groups is 1. The summed E-state index contributed by atoms with van der Waals surface area (Å²) in [5, 5.41) is 19.3. The first-order valence-corrected chi connectivity index (χ1v) is 12.5. The van der Waals surface area contributed by atoms with E-state index in [0.717, 1.165) is 29.3 Å². The van der Waals surface area contributed by atoms with Gasteiger partial charge in [-0.25, -0.2) is 13.4 Å². The summed E-state index contributed by atoms with van der Waals surface area (Å²) in [6.45, 7) is 2.49. The van der Waals surface area contributed by atoms with Crippen molar-refractivity contribution in [3.05, 3.63) is 69.2 Å². The number of aryl methyl sites for hydroxylation is 1. The van der Waals surface area contributed by atoms with Crippen LogP contribution in [-0.4, -0.2) is 43.6 Å². The smallest absolute Gasteiger partial charge is 0.293 e. The molecule has 0 spiro atoms. The van der Waals surface area contributed by atoms with Crippen molar-refractivity contribution in [2.75, 3.05) is 24.7 Å². The summed E-state index contributed by atoms with van der Waals surface area (Å²) in [5.41, 5.74) is 2.29. The third-order valence-electron chi connectivity index (χ3n) is 4.67. The van der Waals surface area contributed by atoms with E-state index in [1.807, 2.05) is 24.3 Å². The second kappa shape index (κ2) is 9.88. The molecule has 2 aromatic carbocycles. The Kier molecular flexibility index (Phi) is 7.21. The fourth-order valence-electron chi connectivity index (χ4n) is 2.90. The van der Waals surface area contributed by atoms with Gasteiger partial charge >= 0.3 is 0 Å². The number of hydrogen-bond acceptors (Lipinski definition) is 8. The van der Waals surface area contributed by atoms with E-state index in [2.05, 4.69) is 22.5 Å². The maximum atomic E-state index is 12.4. The molecule has 168 valence electrons. The zero-order chi connectivity index (χ0) is 23.3. The van der Waals surface area contributed by atoms with Crippen LogP contribution in [0.5, 0.6) is 0 Å². The van der Waals surface area contributed by atoms with E-state index in [1.54, 1.807) is 5.38 Å². The quantitative estimate of drug-likeness (QED) is 0.275. The summed E-state index contributed by atoms with van der Waals surface area (Å²) in [5.74, 6) is -0.346. The highest BCUT2D eigenvalue weighted by molar-refractivity contribution is 7.90. The maximum Gasteiger partial charge on any atom is 0.293 e. The molecule has 9 nitrogen and oxygen atoms in total. The van der Waals surface area contributed by atoms with Gasteiger partial charge < -0.3 is 10.6 Å². The topological polar surface area (TPSA) is 131 Å². The molecule has 0 aliphatic carbocycles. The van der Waals surface area contributed by atoms with E-state index < -0.39 is 14.8 Å². The fourth-order valence-corrected chi connectivity index (χ4v) is 4.35. The number of thiazole rings is 1. The fraction of sp³-hybridized carbons (Fsp3) is 0.238. The molecule has 1 amide bonds. The van der Waals surface area contributed by atoms with Crippen LogP contribution in [0.2, 0.25) is 0 Å². The van der Waals surface area contributed by atoms with Crippen molar-refractivity contribution in [2.24, 2.45) is 0 Å². The van der Waals surface area contributed by atoms with E-state index in [-0.39, 0.29) is 35.3 Å². The number of hydrogen-bond donors (Lipinski definition) is 2. The van der Waals surface area contributed by atoms with Crippen LogP contribution < -0.4 is 10.6 Å². The van der Waals surface area contributed by atoms with Gasteiger partial charge in [0.25, 0.3) is 11.6 Å². The summed E-state index contributed by atoms with van der Waals surface area (Å²) in [6.07, 6.45) is 1.93. The second-order valence-electron chi connectivity index (χ2n) is 6.98. The average molecular weight is 475 g/mol. The first kappa shape index (κ1) is 23.4. The number of nitrogens with one attached hydrogen (secondary N) is 2. The first-order chi connectivity index (χ1) is 15.2. The van der Waals surface area contributed by atoms with Gasteiger partial charge in [0.15, 0.2) is 9.84 Å². The molecule has 0 bridgehead atoms. The molecule has 0 unspecified atom stereocenters. The molecule has 0 saturated heterocycles. The van der Waals surface area contributed by atoms with E-state index in [4.69, 9.17) is 0 Å². The number of amides is 1. The van der Waals surface area contributed by atoms with E-state index >= 15 is 0 Å². The molecule has 0 aliphatic rings. The number of rotatable bonds is 9. The number of aromatic nitrogens is 1. The first-order valence-electron chi connectivity index (χ1n) is 9.74. The Hall–Kier alpha value is -3.31. The van der Waals surface area contributed by atoms with Crippen molar-refractivity contribution >= 4 is 38.5 Å². The van der Waals surface area contributed by atoms with Gasteiger partial charge in [0, 0.05) is 36.4 Å². The van der Waals surface area contributed by atoms with Gasteiger partial charge in [-0.15, -0.1) is 11.3 Å². The van der Waals surface area contributed by atoms with Crippen molar-refractivity contribution in [3.63, 3.8) is 0 Å². The summed E-state index contributed by atoms with van der Waals surface area (Å²) in [6, 6.07) is 11.7. The van der Waals surface area contributed by atoms with Crippen molar-refractivity contribution in [1.82, 2.24) is 10.3 Å². The summed E-state index contributed by atoms with van der Waals surface area (Å²) >= 11 is 1.38. The van der Waals surface area contributed by atoms with Gasteiger partial charge in [-0.05, 0) is 24.1 Å². The molecule has 0 fully saturated rings. The summed E-state index contributed by atoms with van der Waals surface area (Å²) in [4.78, 5) is 27.2. The average Bonchev–Trinajstić information content (AvgIpc) is 3.26. The van der Waals surface area contributed by atoms with Crippen LogP contribution in [0, 0.1) is 10.1 Å². The minimum Gasteiger partial charge on any atom is -0.378 e. The minimum absolute atomic E-state index is 0.133. The van der Waals surface area contributed by atoms with Gasteiger partial charge in [0.1, 0.15) is 16.4 Å². The highest BCUT2D eigenvalue weighted by atomic mass is 32.2. The van der Waals surface area contributed by atoms with E-state index in [1.165, 1.54) is 29.0 Å². The standard InChI is InChI=1S/C21H22N4O5S2/c1-3-14-4-6-15(7-5-14)21-24-18(13-31-21)20(26)23-11-10-22-17-9-8-16(32(2,29)30)12-19(17)25(27)28/h4-9,12-13,22H,3,10-11H2,1-2H3,(H,23,26). The molecule has 11 heteroatoms. The Morgan fingerprint density at radius 2 is 1.88 bits per heavy atom. The van der Waals surface area contributed by atoms with Gasteiger partial charge in [0.05, 0.1) is 9.82 Å². The molecule has 0 radical (unpaired) electrons. The lowest BCUT2D eigenvalue weighted by atomic mass is 10.1. The number of nitro groups is 1. The SMILES string of the molecule is CCc1ccc(-c2nc(C(=O)NCCNc3ccc(S(C)(=O)=O)cc3[N+](=O)[O-])cs2)cc1. The summed E-state index contributed by atoms with van der Waals surface area (Å²) in [7, 11) is -3.56. The number of nitro benzene ring substituents is 1. The maximum absolute atomic E-state index is 12.4.